The van der Waals surface area contributed by atoms with Gasteiger partial charge in [0.15, 0.2) is 6.07 Å². The van der Waals surface area contributed by atoms with E-state index in [0.29, 0.717) is 18.9 Å². The van der Waals surface area contributed by atoms with Crippen LogP contribution in [0.2, 0.25) is 0 Å². The number of carbonyl (C=O) groups excluding carboxylic acids is 2. The zero-order chi connectivity index (χ0) is 17.3. The molecule has 1 amide bonds. The molecule has 7 heteroatoms. The van der Waals surface area contributed by atoms with E-state index in [0.717, 1.165) is 25.7 Å². The molecule has 0 aromatic heterocycles. The van der Waals surface area contributed by atoms with Gasteiger partial charge >= 0.3 is 12.2 Å². The first-order valence-electron chi connectivity index (χ1n) is 8.18. The summed E-state index contributed by atoms with van der Waals surface area (Å²) < 4.78 is 15.2. The van der Waals surface area contributed by atoms with Gasteiger partial charge in [-0.3, -0.25) is 0 Å². The van der Waals surface area contributed by atoms with E-state index in [9.17, 15) is 9.59 Å². The molecule has 6 nitrogen and oxygen atoms in total. The van der Waals surface area contributed by atoms with Gasteiger partial charge in [0, 0.05) is 13.0 Å². The van der Waals surface area contributed by atoms with Crippen molar-refractivity contribution in [2.45, 2.75) is 71.0 Å². The highest BCUT2D eigenvalue weighted by molar-refractivity contribution is 6.17. The lowest BCUT2D eigenvalue weighted by atomic mass is 9.84. The standard InChI is InChI=1S/C16H28ClNO5/c1-16(2,3)23-14(19)18-10-9-13(22-15(20)21-11-17)12-7-5-4-6-8-12/h12-13H,4-11H2,1-3H3,(H,18,19). The first-order chi connectivity index (χ1) is 10.8. The van der Waals surface area contributed by atoms with Crippen molar-refractivity contribution in [2.75, 3.05) is 12.6 Å². The van der Waals surface area contributed by atoms with Crippen LogP contribution in [0.3, 0.4) is 0 Å². The first-order valence-corrected chi connectivity index (χ1v) is 8.71. The van der Waals surface area contributed by atoms with Gasteiger partial charge in [-0.15, -0.1) is 0 Å². The van der Waals surface area contributed by atoms with Crippen molar-refractivity contribution >= 4 is 23.8 Å². The monoisotopic (exact) mass is 349 g/mol. The van der Waals surface area contributed by atoms with Crippen molar-refractivity contribution in [3.8, 4) is 0 Å². The second-order valence-electron chi connectivity index (χ2n) is 6.78. The Morgan fingerprint density at radius 1 is 1.22 bits per heavy atom. The molecule has 1 aliphatic carbocycles. The molecule has 0 aliphatic heterocycles. The van der Waals surface area contributed by atoms with Crippen LogP contribution in [0.15, 0.2) is 0 Å². The quantitative estimate of drug-likeness (QED) is 0.574. The second kappa shape index (κ2) is 9.85. The van der Waals surface area contributed by atoms with Crippen LogP contribution in [0, 0.1) is 5.92 Å². The lowest BCUT2D eigenvalue weighted by molar-refractivity contribution is -0.00183. The smallest absolute Gasteiger partial charge is 0.444 e. The lowest BCUT2D eigenvalue weighted by Gasteiger charge is -2.29. The molecule has 1 unspecified atom stereocenters. The SMILES string of the molecule is CC(C)(C)OC(=O)NCCC(OC(=O)OCCl)C1CCCCC1. The van der Waals surface area contributed by atoms with E-state index < -0.39 is 17.8 Å². The molecule has 23 heavy (non-hydrogen) atoms. The van der Waals surface area contributed by atoms with Gasteiger partial charge < -0.3 is 19.5 Å². The van der Waals surface area contributed by atoms with E-state index in [4.69, 9.17) is 21.1 Å². The fraction of sp³-hybridized carbons (Fsp3) is 0.875. The lowest BCUT2D eigenvalue weighted by Crippen LogP contribution is -2.36. The summed E-state index contributed by atoms with van der Waals surface area (Å²) >= 11 is 5.38. The van der Waals surface area contributed by atoms with Crippen molar-refractivity contribution in [1.82, 2.24) is 5.32 Å². The topological polar surface area (TPSA) is 73.9 Å². The maximum Gasteiger partial charge on any atom is 0.509 e. The molecule has 1 atom stereocenters. The number of carbonyl (C=O) groups is 2. The summed E-state index contributed by atoms with van der Waals surface area (Å²) in [7, 11) is 0. The molecule has 0 radical (unpaired) electrons. The van der Waals surface area contributed by atoms with E-state index in [1.54, 1.807) is 0 Å². The molecule has 1 N–H and O–H groups in total. The van der Waals surface area contributed by atoms with Crippen molar-refractivity contribution in [1.29, 1.82) is 0 Å². The van der Waals surface area contributed by atoms with Crippen molar-refractivity contribution in [3.63, 3.8) is 0 Å². The average Bonchev–Trinajstić information content (AvgIpc) is 2.45. The van der Waals surface area contributed by atoms with Crippen LogP contribution in [0.4, 0.5) is 9.59 Å². The molecule has 0 saturated heterocycles. The zero-order valence-corrected chi connectivity index (χ0v) is 15.0. The summed E-state index contributed by atoms with van der Waals surface area (Å²) in [6.07, 6.45) is 4.55. The van der Waals surface area contributed by atoms with Crippen LogP contribution in [0.5, 0.6) is 0 Å². The number of rotatable bonds is 6. The number of alkyl halides is 1. The van der Waals surface area contributed by atoms with Gasteiger partial charge in [-0.2, -0.15) is 0 Å². The van der Waals surface area contributed by atoms with E-state index in [2.05, 4.69) is 10.1 Å². The summed E-state index contributed by atoms with van der Waals surface area (Å²) in [5.41, 5.74) is -0.534. The summed E-state index contributed by atoms with van der Waals surface area (Å²) in [5, 5.41) is 2.69. The highest BCUT2D eigenvalue weighted by Gasteiger charge is 2.27. The molecule has 0 spiro atoms. The third-order valence-corrected chi connectivity index (χ3v) is 3.80. The van der Waals surface area contributed by atoms with Gasteiger partial charge in [0.05, 0.1) is 0 Å². The number of amides is 1. The van der Waals surface area contributed by atoms with Crippen molar-refractivity contribution in [3.05, 3.63) is 0 Å². The number of hydrogen-bond donors (Lipinski definition) is 1. The van der Waals surface area contributed by atoms with Crippen LogP contribution in [-0.2, 0) is 14.2 Å². The summed E-state index contributed by atoms with van der Waals surface area (Å²) in [6.45, 7) is 5.80. The van der Waals surface area contributed by atoms with Gasteiger partial charge in [0.25, 0.3) is 0 Å². The second-order valence-corrected chi connectivity index (χ2v) is 6.99. The van der Waals surface area contributed by atoms with Crippen LogP contribution >= 0.6 is 11.6 Å². The van der Waals surface area contributed by atoms with Gasteiger partial charge in [-0.05, 0) is 39.5 Å². The van der Waals surface area contributed by atoms with Gasteiger partial charge in [-0.25, -0.2) is 9.59 Å². The summed E-state index contributed by atoms with van der Waals surface area (Å²) in [5.74, 6) is 0.298. The Balaban J connectivity index is 2.45. The Bertz CT molecular complexity index is 377. The third-order valence-electron chi connectivity index (χ3n) is 3.69. The van der Waals surface area contributed by atoms with Crippen molar-refractivity contribution < 1.29 is 23.8 Å². The number of hydrogen-bond acceptors (Lipinski definition) is 5. The predicted molar refractivity (Wildman–Crippen MR) is 87.5 cm³/mol. The van der Waals surface area contributed by atoms with Gasteiger partial charge in [0.2, 0.25) is 0 Å². The fourth-order valence-electron chi connectivity index (χ4n) is 2.73. The molecule has 1 saturated carbocycles. The number of halogens is 1. The fourth-order valence-corrected chi connectivity index (χ4v) is 2.82. The first kappa shape index (κ1) is 19.9. The third kappa shape index (κ3) is 8.89. The number of nitrogens with one attached hydrogen (secondary N) is 1. The maximum absolute atomic E-state index is 11.7. The minimum absolute atomic E-state index is 0.230. The number of alkyl carbamates (subject to hydrolysis) is 1. The summed E-state index contributed by atoms with van der Waals surface area (Å²) in [6, 6.07) is -0.230. The Morgan fingerprint density at radius 2 is 1.87 bits per heavy atom. The Kier molecular flexibility index (Phi) is 8.52. The van der Waals surface area contributed by atoms with E-state index >= 15 is 0 Å². The highest BCUT2D eigenvalue weighted by Crippen LogP contribution is 2.29. The molecular weight excluding hydrogens is 322 g/mol. The minimum Gasteiger partial charge on any atom is -0.444 e. The van der Waals surface area contributed by atoms with Crippen LogP contribution in [-0.4, -0.2) is 36.6 Å². The van der Waals surface area contributed by atoms with E-state index in [1.807, 2.05) is 20.8 Å². The largest absolute Gasteiger partial charge is 0.509 e. The van der Waals surface area contributed by atoms with E-state index in [-0.39, 0.29) is 12.2 Å². The normalized spacial score (nSPS) is 17.2. The molecule has 1 aliphatic rings. The zero-order valence-electron chi connectivity index (χ0n) is 14.2. The molecule has 0 heterocycles. The Hall–Kier alpha value is -1.17. The van der Waals surface area contributed by atoms with Crippen LogP contribution in [0.1, 0.15) is 59.3 Å². The Labute approximate surface area is 143 Å². The van der Waals surface area contributed by atoms with Gasteiger partial charge in [-0.1, -0.05) is 30.9 Å². The minimum atomic E-state index is -0.757. The van der Waals surface area contributed by atoms with Crippen molar-refractivity contribution in [2.24, 2.45) is 5.92 Å². The molecular formula is C16H28ClNO5. The molecule has 1 rings (SSSR count). The summed E-state index contributed by atoms with van der Waals surface area (Å²) in [4.78, 5) is 23.2. The molecule has 134 valence electrons. The molecule has 0 bridgehead atoms. The average molecular weight is 350 g/mol. The molecule has 0 aromatic carbocycles. The highest BCUT2D eigenvalue weighted by atomic mass is 35.5. The van der Waals surface area contributed by atoms with Gasteiger partial charge in [0.1, 0.15) is 11.7 Å². The molecule has 0 aromatic rings. The van der Waals surface area contributed by atoms with Crippen LogP contribution in [0.25, 0.3) is 0 Å². The number of ether oxygens (including phenoxy) is 3. The Morgan fingerprint density at radius 3 is 2.43 bits per heavy atom. The maximum atomic E-state index is 11.7. The van der Waals surface area contributed by atoms with E-state index in [1.165, 1.54) is 6.42 Å². The molecule has 1 fully saturated rings. The van der Waals surface area contributed by atoms with Crippen LogP contribution < -0.4 is 5.32 Å². The predicted octanol–water partition coefficient (Wildman–Crippen LogP) is 4.20.